The van der Waals surface area contributed by atoms with Crippen LogP contribution < -0.4 is 4.90 Å². The van der Waals surface area contributed by atoms with Crippen LogP contribution in [0.4, 0.5) is 5.82 Å². The van der Waals surface area contributed by atoms with Crippen LogP contribution in [-0.4, -0.2) is 23.2 Å². The van der Waals surface area contributed by atoms with E-state index in [9.17, 15) is 9.59 Å². The van der Waals surface area contributed by atoms with Gasteiger partial charge < -0.3 is 0 Å². The predicted octanol–water partition coefficient (Wildman–Crippen LogP) is 0.992. The van der Waals surface area contributed by atoms with Gasteiger partial charge in [-0.25, -0.2) is 4.98 Å². The molecule has 1 saturated heterocycles. The Kier molecular flexibility index (Phi) is 2.49. The molecule has 0 spiro atoms. The Balaban J connectivity index is 2.31. The minimum Gasteiger partial charge on any atom is -0.297 e. The number of aromatic nitrogens is 1. The van der Waals surface area contributed by atoms with Crippen LogP contribution in [0, 0.1) is 3.57 Å². The molecule has 14 heavy (non-hydrogen) atoms. The average Bonchev–Trinajstić information content (AvgIpc) is 2.45. The number of hydrogen-bond donors (Lipinski definition) is 0. The summed E-state index contributed by atoms with van der Waals surface area (Å²) in [6.07, 6.45) is 1.64. The van der Waals surface area contributed by atoms with Crippen molar-refractivity contribution in [2.24, 2.45) is 0 Å². The molecule has 0 aromatic carbocycles. The van der Waals surface area contributed by atoms with Crippen LogP contribution in [0.3, 0.4) is 0 Å². The number of carbonyl (C=O) groups is 2. The number of Topliss-reactive ketones (excluding diaryl/α,β-unsaturated/α-hetero) is 1. The highest BCUT2D eigenvalue weighted by molar-refractivity contribution is 14.1. The van der Waals surface area contributed by atoms with Gasteiger partial charge in [-0.05, 0) is 34.7 Å². The molecule has 2 heterocycles. The highest BCUT2D eigenvalue weighted by Gasteiger charge is 2.29. The van der Waals surface area contributed by atoms with E-state index in [-0.39, 0.29) is 24.7 Å². The third-order valence-electron chi connectivity index (χ3n) is 1.97. The predicted molar refractivity (Wildman–Crippen MR) is 58.9 cm³/mol. The molecule has 1 aromatic heterocycles. The van der Waals surface area contributed by atoms with Crippen LogP contribution in [-0.2, 0) is 9.59 Å². The first-order chi connectivity index (χ1) is 6.66. The first kappa shape index (κ1) is 9.57. The van der Waals surface area contributed by atoms with Crippen molar-refractivity contribution in [2.75, 3.05) is 11.4 Å². The van der Waals surface area contributed by atoms with Crippen LogP contribution >= 0.6 is 22.6 Å². The van der Waals surface area contributed by atoms with E-state index < -0.39 is 0 Å². The smallest absolute Gasteiger partial charge is 0.236 e. The summed E-state index contributed by atoms with van der Waals surface area (Å²) >= 11 is 2.14. The molecule has 0 bridgehead atoms. The van der Waals surface area contributed by atoms with E-state index in [2.05, 4.69) is 27.6 Å². The number of hydrogen-bond acceptors (Lipinski definition) is 3. The van der Waals surface area contributed by atoms with E-state index >= 15 is 0 Å². The minimum absolute atomic E-state index is 0.00710. The molecule has 0 aliphatic carbocycles. The van der Waals surface area contributed by atoms with Crippen molar-refractivity contribution >= 4 is 40.1 Å². The van der Waals surface area contributed by atoms with Crippen LogP contribution in [0.25, 0.3) is 0 Å². The second kappa shape index (κ2) is 3.64. The Morgan fingerprint density at radius 2 is 2.21 bits per heavy atom. The number of nitrogens with zero attached hydrogens (tertiary/aromatic N) is 2. The largest absolute Gasteiger partial charge is 0.297 e. The molecule has 2 rings (SSSR count). The SMILES string of the molecule is O=C1CC(=O)N(c2cc(I)ccn2)C1. The highest BCUT2D eigenvalue weighted by Crippen LogP contribution is 2.18. The summed E-state index contributed by atoms with van der Waals surface area (Å²) in [5.74, 6) is 0.355. The third kappa shape index (κ3) is 1.77. The number of pyridine rings is 1. The monoisotopic (exact) mass is 302 g/mol. The number of halogens is 1. The average molecular weight is 302 g/mol. The quantitative estimate of drug-likeness (QED) is 0.574. The molecule has 4 nitrogen and oxygen atoms in total. The van der Waals surface area contributed by atoms with E-state index in [0.717, 1.165) is 3.57 Å². The third-order valence-corrected chi connectivity index (χ3v) is 2.64. The van der Waals surface area contributed by atoms with Crippen LogP contribution in [0.5, 0.6) is 0 Å². The van der Waals surface area contributed by atoms with E-state index in [1.54, 1.807) is 12.3 Å². The maximum Gasteiger partial charge on any atom is 0.236 e. The van der Waals surface area contributed by atoms with Crippen molar-refractivity contribution in [2.45, 2.75) is 6.42 Å². The molecule has 1 fully saturated rings. The Bertz CT molecular complexity index is 406. The molecular formula is C9H7IN2O2. The molecule has 1 aromatic rings. The highest BCUT2D eigenvalue weighted by atomic mass is 127. The molecule has 0 unspecified atom stereocenters. The molecule has 0 radical (unpaired) electrons. The van der Waals surface area contributed by atoms with Gasteiger partial charge in [0.25, 0.3) is 0 Å². The van der Waals surface area contributed by atoms with Gasteiger partial charge in [0.15, 0.2) is 5.78 Å². The zero-order valence-electron chi connectivity index (χ0n) is 7.24. The summed E-state index contributed by atoms with van der Waals surface area (Å²) < 4.78 is 1.000. The van der Waals surface area contributed by atoms with Gasteiger partial charge in [-0.3, -0.25) is 14.5 Å². The van der Waals surface area contributed by atoms with Gasteiger partial charge in [0.2, 0.25) is 5.91 Å². The molecule has 72 valence electrons. The van der Waals surface area contributed by atoms with Gasteiger partial charge in [0.1, 0.15) is 5.82 Å². The standard InChI is InChI=1S/C9H7IN2O2/c10-6-1-2-11-8(3-6)12-5-7(13)4-9(12)14/h1-3H,4-5H2. The van der Waals surface area contributed by atoms with Crippen molar-refractivity contribution in [1.82, 2.24) is 4.98 Å². The first-order valence-electron chi connectivity index (χ1n) is 4.10. The first-order valence-corrected chi connectivity index (χ1v) is 5.18. The van der Waals surface area contributed by atoms with E-state index in [1.807, 2.05) is 6.07 Å². The molecule has 0 atom stereocenters. The Hall–Kier alpha value is -0.980. The maximum atomic E-state index is 11.4. The Labute approximate surface area is 94.4 Å². The maximum absolute atomic E-state index is 11.4. The van der Waals surface area contributed by atoms with Gasteiger partial charge in [-0.1, -0.05) is 0 Å². The molecule has 1 aliphatic heterocycles. The zero-order chi connectivity index (χ0) is 10.1. The minimum atomic E-state index is -0.162. The summed E-state index contributed by atoms with van der Waals surface area (Å²) in [6.45, 7) is 0.159. The Morgan fingerprint density at radius 3 is 2.79 bits per heavy atom. The number of ketones is 1. The fourth-order valence-corrected chi connectivity index (χ4v) is 1.77. The molecule has 5 heteroatoms. The summed E-state index contributed by atoms with van der Waals surface area (Å²) in [4.78, 5) is 27.9. The molecule has 0 saturated carbocycles. The zero-order valence-corrected chi connectivity index (χ0v) is 9.39. The van der Waals surface area contributed by atoms with Crippen LogP contribution in [0.1, 0.15) is 6.42 Å². The molecule has 0 N–H and O–H groups in total. The fourth-order valence-electron chi connectivity index (χ4n) is 1.33. The Morgan fingerprint density at radius 1 is 1.43 bits per heavy atom. The summed E-state index contributed by atoms with van der Waals surface area (Å²) in [5.41, 5.74) is 0. The van der Waals surface area contributed by atoms with Gasteiger partial charge >= 0.3 is 0 Å². The topological polar surface area (TPSA) is 50.3 Å². The van der Waals surface area contributed by atoms with Crippen LogP contribution in [0.2, 0.25) is 0 Å². The van der Waals surface area contributed by atoms with Gasteiger partial charge in [-0.2, -0.15) is 0 Å². The van der Waals surface area contributed by atoms with Gasteiger partial charge in [0, 0.05) is 9.77 Å². The lowest BCUT2D eigenvalue weighted by molar-refractivity contribution is -0.121. The van der Waals surface area contributed by atoms with Crippen molar-refractivity contribution in [1.29, 1.82) is 0 Å². The number of rotatable bonds is 1. The van der Waals surface area contributed by atoms with Crippen molar-refractivity contribution < 1.29 is 9.59 Å². The number of amides is 1. The van der Waals surface area contributed by atoms with Crippen molar-refractivity contribution in [3.05, 3.63) is 21.9 Å². The molecule has 1 amide bonds. The van der Waals surface area contributed by atoms with E-state index in [4.69, 9.17) is 0 Å². The van der Waals surface area contributed by atoms with Crippen molar-refractivity contribution in [3.8, 4) is 0 Å². The lowest BCUT2D eigenvalue weighted by atomic mass is 10.3. The second-order valence-corrected chi connectivity index (χ2v) is 4.27. The lowest BCUT2D eigenvalue weighted by Gasteiger charge is -2.12. The second-order valence-electron chi connectivity index (χ2n) is 3.03. The molecular weight excluding hydrogens is 295 g/mol. The number of carbonyl (C=O) groups excluding carboxylic acids is 2. The van der Waals surface area contributed by atoms with E-state index in [0.29, 0.717) is 5.82 Å². The lowest BCUT2D eigenvalue weighted by Crippen LogP contribution is -2.25. The van der Waals surface area contributed by atoms with Gasteiger partial charge in [0.05, 0.1) is 13.0 Å². The number of anilines is 1. The summed E-state index contributed by atoms with van der Waals surface area (Å²) in [6, 6.07) is 3.63. The fraction of sp³-hybridized carbons (Fsp3) is 0.222. The van der Waals surface area contributed by atoms with Gasteiger partial charge in [-0.15, -0.1) is 0 Å². The normalized spacial score (nSPS) is 16.5. The van der Waals surface area contributed by atoms with Crippen molar-refractivity contribution in [3.63, 3.8) is 0 Å². The molecule has 1 aliphatic rings. The summed E-state index contributed by atoms with van der Waals surface area (Å²) in [5, 5.41) is 0. The summed E-state index contributed by atoms with van der Waals surface area (Å²) in [7, 11) is 0. The van der Waals surface area contributed by atoms with E-state index in [1.165, 1.54) is 4.90 Å². The van der Waals surface area contributed by atoms with Crippen LogP contribution in [0.15, 0.2) is 18.3 Å².